The second-order valence-electron chi connectivity index (χ2n) is 6.93. The average Bonchev–Trinajstić information content (AvgIpc) is 3.21. The maximum atomic E-state index is 5.60. The van der Waals surface area contributed by atoms with Crippen molar-refractivity contribution in [2.24, 2.45) is 0 Å². The summed E-state index contributed by atoms with van der Waals surface area (Å²) in [7, 11) is 3.34. The largest absolute Gasteiger partial charge is 0.493 e. The zero-order valence-electron chi connectivity index (χ0n) is 17.1. The average molecular weight is 386 g/mol. The van der Waals surface area contributed by atoms with Crippen LogP contribution in [0.15, 0.2) is 79.0 Å². The number of methoxy groups -OCH3 is 2. The minimum atomic E-state index is 0.0263. The smallest absolute Gasteiger partial charge is 0.161 e. The number of nitrogens with zero attached hydrogens (tertiary/aromatic N) is 1. The SMILES string of the molecule is CCN(c1ccccc1)C(c1ccc(OC)c(OC)c1)c1c[nH]c2ccccc12. The number of hydrogen-bond donors (Lipinski definition) is 1. The Morgan fingerprint density at radius 1 is 0.862 bits per heavy atom. The number of para-hydroxylation sites is 2. The van der Waals surface area contributed by atoms with Gasteiger partial charge in [0.05, 0.1) is 20.3 Å². The molecule has 1 heterocycles. The van der Waals surface area contributed by atoms with E-state index < -0.39 is 0 Å². The molecule has 1 atom stereocenters. The third kappa shape index (κ3) is 3.54. The minimum absolute atomic E-state index is 0.0263. The summed E-state index contributed by atoms with van der Waals surface area (Å²) in [6.07, 6.45) is 2.12. The summed E-state index contributed by atoms with van der Waals surface area (Å²) in [5.74, 6) is 1.47. The Morgan fingerprint density at radius 2 is 1.59 bits per heavy atom. The van der Waals surface area contributed by atoms with Crippen molar-refractivity contribution in [3.8, 4) is 11.5 Å². The maximum Gasteiger partial charge on any atom is 0.161 e. The van der Waals surface area contributed by atoms with Gasteiger partial charge < -0.3 is 19.4 Å². The van der Waals surface area contributed by atoms with Crippen LogP contribution >= 0.6 is 0 Å². The van der Waals surface area contributed by atoms with E-state index in [1.54, 1.807) is 14.2 Å². The first-order chi connectivity index (χ1) is 14.3. The number of ether oxygens (including phenoxy) is 2. The number of benzene rings is 3. The van der Waals surface area contributed by atoms with Crippen LogP contribution in [0.25, 0.3) is 10.9 Å². The van der Waals surface area contributed by atoms with Crippen molar-refractivity contribution >= 4 is 16.6 Å². The molecule has 1 aromatic heterocycles. The van der Waals surface area contributed by atoms with Gasteiger partial charge in [0.2, 0.25) is 0 Å². The predicted octanol–water partition coefficient (Wildman–Crippen LogP) is 5.80. The molecule has 0 aliphatic carbocycles. The molecule has 3 aromatic carbocycles. The fourth-order valence-corrected chi connectivity index (χ4v) is 4.00. The highest BCUT2D eigenvalue weighted by Crippen LogP contribution is 2.39. The highest BCUT2D eigenvalue weighted by molar-refractivity contribution is 5.84. The van der Waals surface area contributed by atoms with Gasteiger partial charge in [-0.25, -0.2) is 0 Å². The molecule has 29 heavy (non-hydrogen) atoms. The Labute approximate surface area is 171 Å². The maximum absolute atomic E-state index is 5.60. The first kappa shape index (κ1) is 18.9. The lowest BCUT2D eigenvalue weighted by Gasteiger charge is -2.33. The van der Waals surface area contributed by atoms with Crippen LogP contribution in [0.1, 0.15) is 24.1 Å². The molecular formula is C25H26N2O2. The van der Waals surface area contributed by atoms with E-state index >= 15 is 0 Å². The Hall–Kier alpha value is -3.40. The van der Waals surface area contributed by atoms with Crippen LogP contribution in [0, 0.1) is 0 Å². The number of nitrogens with one attached hydrogen (secondary N) is 1. The molecule has 4 heteroatoms. The number of aromatic amines is 1. The number of anilines is 1. The first-order valence-electron chi connectivity index (χ1n) is 9.86. The molecule has 0 fully saturated rings. The van der Waals surface area contributed by atoms with Gasteiger partial charge in [-0.1, -0.05) is 42.5 Å². The van der Waals surface area contributed by atoms with Crippen molar-refractivity contribution in [1.29, 1.82) is 0 Å². The summed E-state index contributed by atoms with van der Waals surface area (Å²) in [4.78, 5) is 5.85. The van der Waals surface area contributed by atoms with E-state index in [4.69, 9.17) is 9.47 Å². The van der Waals surface area contributed by atoms with E-state index in [1.807, 2.05) is 6.07 Å². The number of rotatable bonds is 7. The third-order valence-electron chi connectivity index (χ3n) is 5.38. The molecule has 0 amide bonds. The molecule has 0 bridgehead atoms. The molecule has 148 valence electrons. The molecule has 0 saturated carbocycles. The molecule has 0 saturated heterocycles. The molecular weight excluding hydrogens is 360 g/mol. The van der Waals surface area contributed by atoms with E-state index in [1.165, 1.54) is 16.6 Å². The van der Waals surface area contributed by atoms with Gasteiger partial charge >= 0.3 is 0 Å². The fraction of sp³-hybridized carbons (Fsp3) is 0.200. The third-order valence-corrected chi connectivity index (χ3v) is 5.38. The van der Waals surface area contributed by atoms with E-state index in [-0.39, 0.29) is 6.04 Å². The fourth-order valence-electron chi connectivity index (χ4n) is 4.00. The monoisotopic (exact) mass is 386 g/mol. The Bertz CT molecular complexity index is 1090. The summed E-state index contributed by atoms with van der Waals surface area (Å²) in [6.45, 7) is 3.05. The summed E-state index contributed by atoms with van der Waals surface area (Å²) >= 11 is 0. The molecule has 0 aliphatic rings. The second kappa shape index (κ2) is 8.31. The number of hydrogen-bond acceptors (Lipinski definition) is 3. The van der Waals surface area contributed by atoms with E-state index in [0.29, 0.717) is 0 Å². The normalized spacial score (nSPS) is 12.0. The van der Waals surface area contributed by atoms with E-state index in [2.05, 4.69) is 89.7 Å². The van der Waals surface area contributed by atoms with Crippen LogP contribution in [0.4, 0.5) is 5.69 Å². The van der Waals surface area contributed by atoms with Crippen molar-refractivity contribution in [3.63, 3.8) is 0 Å². The lowest BCUT2D eigenvalue weighted by Crippen LogP contribution is -2.29. The summed E-state index contributed by atoms with van der Waals surface area (Å²) in [5.41, 5.74) is 4.70. The second-order valence-corrected chi connectivity index (χ2v) is 6.93. The summed E-state index contributed by atoms with van der Waals surface area (Å²) in [5, 5.41) is 1.22. The number of fused-ring (bicyclic) bond motifs is 1. The molecule has 4 aromatic rings. The Morgan fingerprint density at radius 3 is 2.31 bits per heavy atom. The van der Waals surface area contributed by atoms with Crippen LogP contribution in [0.2, 0.25) is 0 Å². The Balaban J connectivity index is 1.92. The van der Waals surface area contributed by atoms with Gasteiger partial charge in [-0.05, 0) is 42.8 Å². The van der Waals surface area contributed by atoms with Gasteiger partial charge in [0.15, 0.2) is 11.5 Å². The minimum Gasteiger partial charge on any atom is -0.493 e. The molecule has 4 rings (SSSR count). The quantitative estimate of drug-likeness (QED) is 0.436. The van der Waals surface area contributed by atoms with Gasteiger partial charge in [0.1, 0.15) is 0 Å². The Kier molecular flexibility index (Phi) is 5.43. The summed E-state index contributed by atoms with van der Waals surface area (Å²) < 4.78 is 11.1. The van der Waals surface area contributed by atoms with Gasteiger partial charge in [-0.15, -0.1) is 0 Å². The van der Waals surface area contributed by atoms with Gasteiger partial charge in [-0.3, -0.25) is 0 Å². The number of aromatic nitrogens is 1. The van der Waals surface area contributed by atoms with Crippen molar-refractivity contribution < 1.29 is 9.47 Å². The predicted molar refractivity (Wildman–Crippen MR) is 119 cm³/mol. The molecule has 1 unspecified atom stereocenters. The standard InChI is InChI=1S/C25H26N2O2/c1-4-27(19-10-6-5-7-11-19)25(18-14-15-23(28-2)24(16-18)29-3)21-17-26-22-13-9-8-12-20(21)22/h5-17,25-26H,4H2,1-3H3. The molecule has 0 radical (unpaired) electrons. The topological polar surface area (TPSA) is 37.5 Å². The highest BCUT2D eigenvalue weighted by Gasteiger charge is 2.25. The molecule has 4 nitrogen and oxygen atoms in total. The highest BCUT2D eigenvalue weighted by atomic mass is 16.5. The van der Waals surface area contributed by atoms with Gasteiger partial charge in [0, 0.05) is 34.9 Å². The molecule has 0 aliphatic heterocycles. The van der Waals surface area contributed by atoms with E-state index in [0.717, 1.165) is 29.1 Å². The van der Waals surface area contributed by atoms with Crippen LogP contribution in [0.3, 0.4) is 0 Å². The summed E-state index contributed by atoms with van der Waals surface area (Å²) in [6, 6.07) is 25.2. The van der Waals surface area contributed by atoms with Crippen LogP contribution in [0.5, 0.6) is 11.5 Å². The lowest BCUT2D eigenvalue weighted by molar-refractivity contribution is 0.354. The zero-order chi connectivity index (χ0) is 20.2. The van der Waals surface area contributed by atoms with Crippen molar-refractivity contribution in [2.45, 2.75) is 13.0 Å². The van der Waals surface area contributed by atoms with Crippen molar-refractivity contribution in [1.82, 2.24) is 4.98 Å². The van der Waals surface area contributed by atoms with Crippen molar-refractivity contribution in [2.75, 3.05) is 25.7 Å². The molecule has 1 N–H and O–H groups in total. The number of H-pyrrole nitrogens is 1. The van der Waals surface area contributed by atoms with Crippen molar-refractivity contribution in [3.05, 3.63) is 90.1 Å². The lowest BCUT2D eigenvalue weighted by atomic mass is 9.95. The van der Waals surface area contributed by atoms with Gasteiger partial charge in [0.25, 0.3) is 0 Å². The van der Waals surface area contributed by atoms with Crippen LogP contribution in [-0.2, 0) is 0 Å². The van der Waals surface area contributed by atoms with Crippen LogP contribution in [-0.4, -0.2) is 25.7 Å². The first-order valence-corrected chi connectivity index (χ1v) is 9.86. The van der Waals surface area contributed by atoms with Crippen LogP contribution < -0.4 is 14.4 Å². The van der Waals surface area contributed by atoms with E-state index in [9.17, 15) is 0 Å². The zero-order valence-corrected chi connectivity index (χ0v) is 17.1. The molecule has 0 spiro atoms. The van der Waals surface area contributed by atoms with Gasteiger partial charge in [-0.2, -0.15) is 0 Å².